The molecule has 1 aliphatic heterocycles. The second-order valence-corrected chi connectivity index (χ2v) is 5.85. The van der Waals surface area contributed by atoms with Gasteiger partial charge in [-0.3, -0.25) is 9.59 Å². The van der Waals surface area contributed by atoms with Gasteiger partial charge in [-0.1, -0.05) is 34.1 Å². The largest absolute Gasteiger partial charge is 0.344 e. The van der Waals surface area contributed by atoms with E-state index in [9.17, 15) is 9.59 Å². The van der Waals surface area contributed by atoms with E-state index in [4.69, 9.17) is 0 Å². The second-order valence-electron chi connectivity index (χ2n) is 5.85. The maximum atomic E-state index is 12.5. The van der Waals surface area contributed by atoms with Gasteiger partial charge in [-0.25, -0.2) is 0 Å². The molecule has 104 valence electrons. The van der Waals surface area contributed by atoms with Gasteiger partial charge in [0.1, 0.15) is 6.04 Å². The Morgan fingerprint density at radius 1 is 1.33 bits per heavy atom. The smallest absolute Gasteiger partial charge is 0.245 e. The van der Waals surface area contributed by atoms with Crippen LogP contribution in [-0.4, -0.2) is 35.3 Å². The summed E-state index contributed by atoms with van der Waals surface area (Å²) in [5.41, 5.74) is 0. The molecule has 3 unspecified atom stereocenters. The van der Waals surface area contributed by atoms with Gasteiger partial charge < -0.3 is 10.2 Å². The Balaban J connectivity index is 2.90. The Bertz CT molecular complexity index is 315. The second kappa shape index (κ2) is 6.21. The van der Waals surface area contributed by atoms with Crippen molar-refractivity contribution in [1.82, 2.24) is 10.2 Å². The van der Waals surface area contributed by atoms with E-state index >= 15 is 0 Å². The lowest BCUT2D eigenvalue weighted by molar-refractivity contribution is -0.136. The number of nitrogens with zero attached hydrogens (tertiary/aromatic N) is 1. The Morgan fingerprint density at radius 3 is 2.44 bits per heavy atom. The van der Waals surface area contributed by atoms with Gasteiger partial charge in [0.2, 0.25) is 11.8 Å². The van der Waals surface area contributed by atoms with E-state index in [1.54, 1.807) is 0 Å². The highest BCUT2D eigenvalue weighted by molar-refractivity contribution is 5.90. The van der Waals surface area contributed by atoms with Crippen molar-refractivity contribution < 1.29 is 9.59 Å². The number of rotatable bonds is 4. The summed E-state index contributed by atoms with van der Waals surface area (Å²) in [7, 11) is 0. The molecule has 0 saturated carbocycles. The van der Waals surface area contributed by atoms with Crippen LogP contribution in [0.1, 0.15) is 47.5 Å². The summed E-state index contributed by atoms with van der Waals surface area (Å²) in [5, 5.41) is 2.85. The zero-order chi connectivity index (χ0) is 13.9. The van der Waals surface area contributed by atoms with Crippen LogP contribution < -0.4 is 5.32 Å². The monoisotopic (exact) mass is 254 g/mol. The Morgan fingerprint density at radius 2 is 1.94 bits per heavy atom. The topological polar surface area (TPSA) is 49.4 Å². The summed E-state index contributed by atoms with van der Waals surface area (Å²) in [6.45, 7) is 10.9. The van der Waals surface area contributed by atoms with Crippen molar-refractivity contribution in [2.45, 2.75) is 59.5 Å². The van der Waals surface area contributed by atoms with Crippen molar-refractivity contribution in [3.63, 3.8) is 0 Å². The summed E-state index contributed by atoms with van der Waals surface area (Å²) in [5.74, 6) is 0.661. The van der Waals surface area contributed by atoms with Gasteiger partial charge in [-0.05, 0) is 18.8 Å². The van der Waals surface area contributed by atoms with Crippen LogP contribution in [0, 0.1) is 11.8 Å². The highest BCUT2D eigenvalue weighted by Gasteiger charge is 2.35. The Labute approximate surface area is 110 Å². The summed E-state index contributed by atoms with van der Waals surface area (Å²) in [6, 6.07) is -0.373. The molecule has 0 aliphatic carbocycles. The lowest BCUT2D eigenvalue weighted by atomic mass is 10.0. The maximum Gasteiger partial charge on any atom is 0.245 e. The fraction of sp³-hybridized carbons (Fsp3) is 0.857. The van der Waals surface area contributed by atoms with Gasteiger partial charge in [0.25, 0.3) is 0 Å². The third-order valence-electron chi connectivity index (χ3n) is 3.75. The Kier molecular flexibility index (Phi) is 5.17. The first kappa shape index (κ1) is 15.0. The van der Waals surface area contributed by atoms with Crippen LogP contribution in [0.3, 0.4) is 0 Å². The maximum absolute atomic E-state index is 12.5. The minimum absolute atomic E-state index is 0.00440. The summed E-state index contributed by atoms with van der Waals surface area (Å²) >= 11 is 0. The molecule has 0 aromatic carbocycles. The quantitative estimate of drug-likeness (QED) is 0.831. The molecular formula is C14H26N2O2. The normalized spacial score (nSPS) is 27.1. The van der Waals surface area contributed by atoms with E-state index in [1.165, 1.54) is 0 Å². The lowest BCUT2D eigenvalue weighted by Crippen LogP contribution is -2.50. The molecule has 2 amide bonds. The van der Waals surface area contributed by atoms with Crippen LogP contribution in [0.15, 0.2) is 0 Å². The minimum Gasteiger partial charge on any atom is -0.344 e. The van der Waals surface area contributed by atoms with E-state index in [-0.39, 0.29) is 29.8 Å². The molecule has 0 bridgehead atoms. The van der Waals surface area contributed by atoms with Crippen LogP contribution in [-0.2, 0) is 9.59 Å². The highest BCUT2D eigenvalue weighted by Crippen LogP contribution is 2.18. The molecule has 1 aliphatic rings. The number of carbonyl (C=O) groups excluding carboxylic acids is 2. The van der Waals surface area contributed by atoms with Crippen LogP contribution in [0.5, 0.6) is 0 Å². The molecule has 0 aromatic rings. The number of carbonyl (C=O) groups is 2. The number of nitrogens with one attached hydrogen (secondary N) is 1. The van der Waals surface area contributed by atoms with Crippen molar-refractivity contribution in [2.24, 2.45) is 11.8 Å². The molecule has 1 heterocycles. The third kappa shape index (κ3) is 3.47. The molecular weight excluding hydrogens is 228 g/mol. The molecule has 3 atom stereocenters. The highest BCUT2D eigenvalue weighted by atomic mass is 16.2. The summed E-state index contributed by atoms with van der Waals surface area (Å²) < 4.78 is 0. The molecule has 1 saturated heterocycles. The SMILES string of the molecule is CCC(C)CN1C(=O)C(C(C)C)NC(=O)CC1C. The molecule has 18 heavy (non-hydrogen) atoms. The van der Waals surface area contributed by atoms with Crippen molar-refractivity contribution >= 4 is 11.8 Å². The molecule has 1 rings (SSSR count). The van der Waals surface area contributed by atoms with Crippen molar-refractivity contribution in [2.75, 3.05) is 6.54 Å². The van der Waals surface area contributed by atoms with Crippen LogP contribution in [0.4, 0.5) is 0 Å². The predicted octanol–water partition coefficient (Wildman–Crippen LogP) is 1.79. The van der Waals surface area contributed by atoms with Gasteiger partial charge in [0.05, 0.1) is 0 Å². The van der Waals surface area contributed by atoms with E-state index in [0.717, 1.165) is 13.0 Å². The van der Waals surface area contributed by atoms with Gasteiger partial charge in [0.15, 0.2) is 0 Å². The first-order valence-corrected chi connectivity index (χ1v) is 6.96. The number of amides is 2. The van der Waals surface area contributed by atoms with Crippen LogP contribution >= 0.6 is 0 Å². The zero-order valence-corrected chi connectivity index (χ0v) is 12.2. The van der Waals surface area contributed by atoms with Crippen LogP contribution in [0.2, 0.25) is 0 Å². The van der Waals surface area contributed by atoms with Crippen molar-refractivity contribution in [3.8, 4) is 0 Å². The molecule has 4 heteroatoms. The lowest BCUT2D eigenvalue weighted by Gasteiger charge is -2.32. The minimum atomic E-state index is -0.369. The fourth-order valence-electron chi connectivity index (χ4n) is 2.26. The van der Waals surface area contributed by atoms with E-state index in [2.05, 4.69) is 19.2 Å². The third-order valence-corrected chi connectivity index (χ3v) is 3.75. The number of hydrogen-bond donors (Lipinski definition) is 1. The Hall–Kier alpha value is -1.06. The summed E-state index contributed by atoms with van der Waals surface area (Å²) in [4.78, 5) is 26.2. The standard InChI is InChI=1S/C14H26N2O2/c1-6-10(4)8-16-11(5)7-12(17)15-13(9(2)3)14(16)18/h9-11,13H,6-8H2,1-5H3,(H,15,17). The predicted molar refractivity (Wildman–Crippen MR) is 72.0 cm³/mol. The van der Waals surface area contributed by atoms with E-state index in [0.29, 0.717) is 12.3 Å². The number of hydrogen-bond acceptors (Lipinski definition) is 2. The van der Waals surface area contributed by atoms with Crippen molar-refractivity contribution in [3.05, 3.63) is 0 Å². The molecule has 1 fully saturated rings. The van der Waals surface area contributed by atoms with E-state index in [1.807, 2.05) is 25.7 Å². The summed E-state index contributed by atoms with van der Waals surface area (Å²) in [6.07, 6.45) is 1.45. The molecule has 0 spiro atoms. The van der Waals surface area contributed by atoms with Gasteiger partial charge in [-0.15, -0.1) is 0 Å². The van der Waals surface area contributed by atoms with E-state index < -0.39 is 0 Å². The first-order valence-electron chi connectivity index (χ1n) is 6.96. The van der Waals surface area contributed by atoms with Crippen LogP contribution in [0.25, 0.3) is 0 Å². The van der Waals surface area contributed by atoms with Gasteiger partial charge in [-0.2, -0.15) is 0 Å². The average Bonchev–Trinajstić information content (AvgIpc) is 2.39. The zero-order valence-electron chi connectivity index (χ0n) is 12.2. The molecule has 1 N–H and O–H groups in total. The fourth-order valence-corrected chi connectivity index (χ4v) is 2.26. The van der Waals surface area contributed by atoms with Gasteiger partial charge >= 0.3 is 0 Å². The average molecular weight is 254 g/mol. The molecule has 4 nitrogen and oxygen atoms in total. The first-order chi connectivity index (χ1) is 8.36. The molecule has 0 aromatic heterocycles. The molecule has 0 radical (unpaired) electrons. The van der Waals surface area contributed by atoms with Crippen molar-refractivity contribution in [1.29, 1.82) is 0 Å². The van der Waals surface area contributed by atoms with Gasteiger partial charge in [0, 0.05) is 19.0 Å².